The predicted octanol–water partition coefficient (Wildman–Crippen LogP) is 8.64. The van der Waals surface area contributed by atoms with Crippen LogP contribution in [0.15, 0.2) is 54.6 Å². The Hall–Kier alpha value is -0.376. The molecule has 0 spiro atoms. The molecule has 2 aromatic carbocycles. The third-order valence-electron chi connectivity index (χ3n) is 5.13. The predicted molar refractivity (Wildman–Crippen MR) is 127 cm³/mol. The first-order chi connectivity index (χ1) is 13.4. The van der Waals surface area contributed by atoms with Crippen LogP contribution in [0.2, 0.25) is 0 Å². The van der Waals surface area contributed by atoms with Gasteiger partial charge in [0.15, 0.2) is 0 Å². The van der Waals surface area contributed by atoms with E-state index in [0.29, 0.717) is 0 Å². The zero-order chi connectivity index (χ0) is 19.4. The molecule has 0 aliphatic rings. The third-order valence-corrected chi connectivity index (χ3v) is 7.87. The van der Waals surface area contributed by atoms with Crippen molar-refractivity contribution in [2.24, 2.45) is 0 Å². The molecule has 0 nitrogen and oxygen atoms in total. The second-order valence-electron chi connectivity index (χ2n) is 7.63. The molecule has 2 heteroatoms. The minimum Gasteiger partial charge on any atom is -0.748 e. The Morgan fingerprint density at radius 1 is 0.571 bits per heavy atom. The largest absolute Gasteiger partial charge is 0.748 e. The second-order valence-corrected chi connectivity index (χ2v) is 10.1. The maximum atomic E-state index is 2.37. The van der Waals surface area contributed by atoms with E-state index in [-0.39, 0.29) is 24.4 Å². The first-order valence-corrected chi connectivity index (χ1v) is 13.2. The van der Waals surface area contributed by atoms with E-state index in [1.807, 2.05) is 30.3 Å². The number of unbranched alkanes of at least 4 members (excludes halogenated alkanes) is 10. The molecule has 0 saturated carbocycles. The molecule has 0 saturated heterocycles. The smallest absolute Gasteiger partial charge is 0 e. The molecule has 2 rings (SSSR count). The van der Waals surface area contributed by atoms with Crippen molar-refractivity contribution < 1.29 is 16.5 Å². The molecular weight excluding hydrogens is 402 g/mol. The fourth-order valence-electron chi connectivity index (χ4n) is 3.43. The Morgan fingerprint density at radius 2 is 0.929 bits per heavy atom. The molecule has 0 aromatic heterocycles. The zero-order valence-electron chi connectivity index (χ0n) is 18.4. The molecule has 0 heterocycles. The average molecular weight is 445 g/mol. The second kappa shape index (κ2) is 21.3. The Labute approximate surface area is 187 Å². The van der Waals surface area contributed by atoms with Gasteiger partial charge in [-0.1, -0.05) is 78.1 Å². The third kappa shape index (κ3) is 15.5. The summed E-state index contributed by atoms with van der Waals surface area (Å²) in [4.78, 5) is 0. The van der Waals surface area contributed by atoms with E-state index in [0.717, 1.165) is 0 Å². The number of hydrogen-bond donors (Lipinski definition) is 0. The van der Waals surface area contributed by atoms with E-state index < -0.39 is 0 Å². The van der Waals surface area contributed by atoms with Gasteiger partial charge in [0, 0.05) is 16.5 Å². The molecular formula is C26H43NiP-6. The van der Waals surface area contributed by atoms with Crippen LogP contribution in [0.25, 0.3) is 0 Å². The molecule has 0 aliphatic heterocycles. The maximum Gasteiger partial charge on any atom is 0 e. The van der Waals surface area contributed by atoms with Crippen molar-refractivity contribution in [1.82, 2.24) is 0 Å². The van der Waals surface area contributed by atoms with Crippen LogP contribution in [0.4, 0.5) is 0 Å². The van der Waals surface area contributed by atoms with E-state index in [1.54, 1.807) is 5.30 Å². The maximum absolute atomic E-state index is 2.37. The molecule has 2 aromatic rings. The van der Waals surface area contributed by atoms with Crippen molar-refractivity contribution in [3.63, 3.8) is 0 Å². The molecule has 0 aliphatic carbocycles. The van der Waals surface area contributed by atoms with Crippen LogP contribution in [-0.4, -0.2) is 12.3 Å². The van der Waals surface area contributed by atoms with E-state index in [4.69, 9.17) is 0 Å². The summed E-state index contributed by atoms with van der Waals surface area (Å²) in [5, 5.41) is 1.66. The average Bonchev–Trinajstić information content (AvgIpc) is 3.42. The SMILES string of the molecule is CCCCCCCCP(CCCCCCCC)[c-]1cccc1.[Ni].[cH-]1[cH-][cH-][cH-][cH-]1. The molecule has 0 unspecified atom stereocenters. The molecule has 0 amide bonds. The summed E-state index contributed by atoms with van der Waals surface area (Å²) in [6.45, 7) is 4.60. The zero-order valence-corrected chi connectivity index (χ0v) is 20.2. The van der Waals surface area contributed by atoms with Crippen molar-refractivity contribution in [2.75, 3.05) is 12.3 Å². The Morgan fingerprint density at radius 3 is 1.32 bits per heavy atom. The van der Waals surface area contributed by atoms with E-state index >= 15 is 0 Å². The van der Waals surface area contributed by atoms with Crippen LogP contribution in [-0.2, 0) is 16.5 Å². The van der Waals surface area contributed by atoms with Crippen LogP contribution < -0.4 is 5.30 Å². The van der Waals surface area contributed by atoms with Gasteiger partial charge in [-0.3, -0.25) is 0 Å². The van der Waals surface area contributed by atoms with Gasteiger partial charge in [0.05, 0.1) is 0 Å². The standard InChI is InChI=1S/C21H38P.C5H5.Ni/c1-3-5-7-9-11-15-19-22(21-17-13-14-18-21)20-16-12-10-8-6-4-2;1-2-4-5-3-1;/h13-14,17-18H,3-12,15-16,19-20H2,1-2H3;1-5H;/q-1;-5;. The first kappa shape index (κ1) is 27.6. The number of hydrogen-bond acceptors (Lipinski definition) is 0. The van der Waals surface area contributed by atoms with Crippen LogP contribution in [0.5, 0.6) is 0 Å². The van der Waals surface area contributed by atoms with E-state index in [9.17, 15) is 0 Å². The summed E-state index contributed by atoms with van der Waals surface area (Å²) in [5.41, 5.74) is 0. The van der Waals surface area contributed by atoms with Crippen molar-refractivity contribution in [1.29, 1.82) is 0 Å². The summed E-state index contributed by atoms with van der Waals surface area (Å²) >= 11 is 0. The molecule has 0 atom stereocenters. The molecule has 28 heavy (non-hydrogen) atoms. The quantitative estimate of drug-likeness (QED) is 0.111. The minimum atomic E-state index is 0. The van der Waals surface area contributed by atoms with Crippen molar-refractivity contribution in [3.05, 3.63) is 54.6 Å². The fourth-order valence-corrected chi connectivity index (χ4v) is 5.98. The Kier molecular flexibility index (Phi) is 21.0. The van der Waals surface area contributed by atoms with Crippen molar-refractivity contribution in [2.45, 2.75) is 90.9 Å². The van der Waals surface area contributed by atoms with Crippen LogP contribution in [0.3, 0.4) is 0 Å². The molecule has 0 fully saturated rings. The fraction of sp³-hybridized carbons (Fsp3) is 0.615. The minimum absolute atomic E-state index is 0. The summed E-state index contributed by atoms with van der Waals surface area (Å²) in [6, 6.07) is 19.2. The van der Waals surface area contributed by atoms with Gasteiger partial charge in [-0.25, -0.2) is 12.1 Å². The van der Waals surface area contributed by atoms with Gasteiger partial charge in [0.2, 0.25) is 0 Å². The molecule has 0 bridgehead atoms. The summed E-state index contributed by atoms with van der Waals surface area (Å²) in [7, 11) is 0.132. The summed E-state index contributed by atoms with van der Waals surface area (Å²) in [6.07, 6.45) is 20.1. The number of rotatable bonds is 15. The molecule has 0 radical (unpaired) electrons. The monoisotopic (exact) mass is 444 g/mol. The normalized spacial score (nSPS) is 10.4. The van der Waals surface area contributed by atoms with E-state index in [2.05, 4.69) is 38.1 Å². The van der Waals surface area contributed by atoms with Gasteiger partial charge >= 0.3 is 0 Å². The Balaban J connectivity index is 0.00000105. The molecule has 0 N–H and O–H groups in total. The molecule has 168 valence electrons. The van der Waals surface area contributed by atoms with Crippen LogP contribution >= 0.6 is 7.92 Å². The van der Waals surface area contributed by atoms with Gasteiger partial charge in [0.1, 0.15) is 0 Å². The van der Waals surface area contributed by atoms with Crippen molar-refractivity contribution >= 4 is 13.2 Å². The summed E-state index contributed by atoms with van der Waals surface area (Å²) in [5.74, 6) is 0. The van der Waals surface area contributed by atoms with Crippen LogP contribution in [0.1, 0.15) is 90.9 Å². The van der Waals surface area contributed by atoms with Gasteiger partial charge in [-0.15, -0.1) is 13.2 Å². The Bertz CT molecular complexity index is 441. The van der Waals surface area contributed by atoms with Gasteiger partial charge in [-0.05, 0) is 25.2 Å². The first-order valence-electron chi connectivity index (χ1n) is 11.5. The van der Waals surface area contributed by atoms with Gasteiger partial charge in [0.25, 0.3) is 0 Å². The van der Waals surface area contributed by atoms with Crippen molar-refractivity contribution in [3.8, 4) is 0 Å². The van der Waals surface area contributed by atoms with Crippen LogP contribution in [0, 0.1) is 0 Å². The summed E-state index contributed by atoms with van der Waals surface area (Å²) < 4.78 is 0. The van der Waals surface area contributed by atoms with Gasteiger partial charge in [-0.2, -0.15) is 12.1 Å². The van der Waals surface area contributed by atoms with E-state index in [1.165, 1.54) is 89.4 Å². The van der Waals surface area contributed by atoms with Gasteiger partial charge < -0.3 is 30.3 Å². The topological polar surface area (TPSA) is 0 Å².